The number of aliphatic carboxylic acids is 1. The summed E-state index contributed by atoms with van der Waals surface area (Å²) >= 11 is 6.50. The van der Waals surface area contributed by atoms with E-state index in [2.05, 4.69) is 21.3 Å². The first-order chi connectivity index (χ1) is 23.7. The van der Waals surface area contributed by atoms with Gasteiger partial charge in [-0.15, -0.1) is 0 Å². The smallest absolute Gasteiger partial charge is 0.326 e. The highest BCUT2D eigenvalue weighted by Crippen LogP contribution is 2.15. The van der Waals surface area contributed by atoms with Crippen molar-refractivity contribution in [3.63, 3.8) is 0 Å². The molecule has 0 unspecified atom stereocenters. The van der Waals surface area contributed by atoms with Gasteiger partial charge in [-0.3, -0.25) is 19.2 Å². The van der Waals surface area contributed by atoms with Crippen LogP contribution in [0, 0.1) is 11.8 Å². The number of hydrogen-bond acceptors (Lipinski definition) is 8. The van der Waals surface area contributed by atoms with Gasteiger partial charge in [-0.1, -0.05) is 106 Å². The molecule has 0 heterocycles. The molecule has 12 nitrogen and oxygen atoms in total. The number of rotatable bonds is 22. The van der Waals surface area contributed by atoms with E-state index in [1.807, 2.05) is 50.2 Å². The molecule has 0 aromatic heterocycles. The number of unbranched alkanes of at least 4 members (excludes halogenated alkanes) is 1. The molecule has 0 aliphatic rings. The Bertz CT molecular complexity index is 1420. The maximum Gasteiger partial charge on any atom is 0.326 e. The van der Waals surface area contributed by atoms with Crippen molar-refractivity contribution in [2.75, 3.05) is 6.54 Å². The van der Waals surface area contributed by atoms with Crippen LogP contribution in [-0.2, 0) is 36.8 Å². The van der Waals surface area contributed by atoms with E-state index >= 15 is 0 Å². The van der Waals surface area contributed by atoms with E-state index in [0.717, 1.165) is 17.5 Å². The number of carbonyl (C=O) groups is 5. The molecule has 2 aromatic rings. The van der Waals surface area contributed by atoms with Gasteiger partial charge < -0.3 is 37.8 Å². The van der Waals surface area contributed by atoms with Gasteiger partial charge >= 0.3 is 5.97 Å². The number of carboxylic acids is 1. The van der Waals surface area contributed by atoms with Gasteiger partial charge in [0.15, 0.2) is 5.78 Å². The van der Waals surface area contributed by atoms with Gasteiger partial charge in [-0.25, -0.2) is 4.79 Å². The van der Waals surface area contributed by atoms with Gasteiger partial charge in [0.1, 0.15) is 23.2 Å². The van der Waals surface area contributed by atoms with Crippen LogP contribution in [-0.4, -0.2) is 71.3 Å². The topological polar surface area (TPSA) is 206 Å². The molecule has 274 valence electrons. The predicted octanol–water partition coefficient (Wildman–Crippen LogP) is 2.78. The average Bonchev–Trinajstić information content (AvgIpc) is 3.08. The number of nitrogens with two attached hydrogens (primary N) is 2. The first-order valence-corrected chi connectivity index (χ1v) is 17.4. The van der Waals surface area contributed by atoms with Crippen LogP contribution < -0.4 is 32.7 Å². The maximum absolute atomic E-state index is 13.6. The van der Waals surface area contributed by atoms with E-state index in [-0.39, 0.29) is 29.7 Å². The molecule has 0 saturated heterocycles. The second-order valence-electron chi connectivity index (χ2n) is 13.2. The van der Waals surface area contributed by atoms with Crippen molar-refractivity contribution >= 4 is 41.1 Å². The molecular formula is C37H53ClN6O6. The molecule has 0 radical (unpaired) electrons. The highest BCUT2D eigenvalue weighted by molar-refractivity contribution is 6.43. The summed E-state index contributed by atoms with van der Waals surface area (Å²) in [5.41, 5.74) is 13.1. The Morgan fingerprint density at radius 1 is 0.760 bits per heavy atom. The minimum absolute atomic E-state index is 0.0431. The Morgan fingerprint density at radius 3 is 1.78 bits per heavy atom. The SMILES string of the molecule is CC(C)C[C@H](NC(=O)[C@@H](N)CCCCN)C(=O)N[C@H](C(=O)/C(Cl)=C/N[C@@H](Cc1ccccc1)C(=O)N[C@@H](Cc1ccccc1)C(=O)O)C(C)C. The standard InChI is InChI=1S/C37H53ClN6O6/c1-23(2)19-30(42-34(46)28(40)17-11-12-18-39)36(48)44-32(24(3)4)33(45)27(38)22-41-29(20-25-13-7-5-8-14-25)35(47)43-31(37(49)50)21-26-15-9-6-10-16-26/h5-10,13-16,22-24,28-32,41H,11-12,17-21,39-40H2,1-4H3,(H,42,46)(H,43,47)(H,44,48)(H,49,50)/b27-22-/t28-,29-,30-,31-,32-/m0/s1. The number of hydrogen-bond donors (Lipinski definition) is 7. The zero-order valence-electron chi connectivity index (χ0n) is 29.4. The lowest BCUT2D eigenvalue weighted by Gasteiger charge is -2.27. The Hall–Kier alpha value is -4.26. The lowest BCUT2D eigenvalue weighted by molar-refractivity contribution is -0.142. The van der Waals surface area contributed by atoms with Crippen molar-refractivity contribution < 1.29 is 29.1 Å². The highest BCUT2D eigenvalue weighted by atomic mass is 35.5. The van der Waals surface area contributed by atoms with Crippen molar-refractivity contribution in [1.29, 1.82) is 0 Å². The van der Waals surface area contributed by atoms with Crippen LogP contribution in [0.15, 0.2) is 71.9 Å². The van der Waals surface area contributed by atoms with E-state index in [4.69, 9.17) is 23.1 Å². The molecule has 2 aromatic carbocycles. The lowest BCUT2D eigenvalue weighted by Crippen LogP contribution is -2.55. The van der Waals surface area contributed by atoms with Crippen LogP contribution in [0.1, 0.15) is 64.5 Å². The summed E-state index contributed by atoms with van der Waals surface area (Å²) in [6.45, 7) is 7.80. The Kier molecular flexibility index (Phi) is 18.2. The molecule has 2 rings (SSSR count). The Labute approximate surface area is 300 Å². The molecule has 0 bridgehead atoms. The van der Waals surface area contributed by atoms with Crippen molar-refractivity contribution in [3.05, 3.63) is 83.0 Å². The number of halogens is 1. The molecule has 0 aliphatic heterocycles. The predicted molar refractivity (Wildman–Crippen MR) is 195 cm³/mol. The zero-order valence-corrected chi connectivity index (χ0v) is 30.1. The normalized spacial score (nSPS) is 14.6. The zero-order chi connectivity index (χ0) is 37.2. The third-order valence-corrected chi connectivity index (χ3v) is 8.33. The molecule has 0 fully saturated rings. The first-order valence-electron chi connectivity index (χ1n) is 17.1. The fourth-order valence-corrected chi connectivity index (χ4v) is 5.38. The molecule has 13 heteroatoms. The molecular weight excluding hydrogens is 660 g/mol. The van der Waals surface area contributed by atoms with E-state index in [1.54, 1.807) is 38.1 Å². The molecule has 9 N–H and O–H groups in total. The van der Waals surface area contributed by atoms with Gasteiger partial charge in [0.2, 0.25) is 17.7 Å². The second-order valence-corrected chi connectivity index (χ2v) is 13.6. The summed E-state index contributed by atoms with van der Waals surface area (Å²) in [6.07, 6.45) is 3.57. The molecule has 50 heavy (non-hydrogen) atoms. The van der Waals surface area contributed by atoms with Crippen LogP contribution in [0.4, 0.5) is 0 Å². The van der Waals surface area contributed by atoms with Crippen LogP contribution in [0.2, 0.25) is 0 Å². The quantitative estimate of drug-likeness (QED) is 0.0707. The van der Waals surface area contributed by atoms with Gasteiger partial charge in [0.25, 0.3) is 0 Å². The third kappa shape index (κ3) is 14.7. The third-order valence-electron chi connectivity index (χ3n) is 8.04. The Balaban J connectivity index is 2.23. The van der Waals surface area contributed by atoms with E-state index in [0.29, 0.717) is 25.8 Å². The van der Waals surface area contributed by atoms with Crippen molar-refractivity contribution in [3.8, 4) is 0 Å². The number of Topliss-reactive ketones (excluding diaryl/α,β-unsaturated/α-hetero) is 1. The van der Waals surface area contributed by atoms with Crippen LogP contribution in [0.3, 0.4) is 0 Å². The van der Waals surface area contributed by atoms with Gasteiger partial charge in [0, 0.05) is 19.0 Å². The van der Waals surface area contributed by atoms with Crippen LogP contribution in [0.25, 0.3) is 0 Å². The van der Waals surface area contributed by atoms with Gasteiger partial charge in [-0.2, -0.15) is 0 Å². The van der Waals surface area contributed by atoms with Gasteiger partial charge in [-0.05, 0) is 48.8 Å². The minimum atomic E-state index is -1.20. The fraction of sp³-hybridized carbons (Fsp3) is 0.486. The largest absolute Gasteiger partial charge is 0.480 e. The first kappa shape index (κ1) is 41.9. The molecule has 0 spiro atoms. The summed E-state index contributed by atoms with van der Waals surface area (Å²) in [5, 5.41) is 20.6. The van der Waals surface area contributed by atoms with E-state index in [9.17, 15) is 29.1 Å². The number of benzene rings is 2. The number of nitrogens with one attached hydrogen (secondary N) is 4. The van der Waals surface area contributed by atoms with Crippen LogP contribution >= 0.6 is 11.6 Å². The molecule has 0 aliphatic carbocycles. The highest BCUT2D eigenvalue weighted by Gasteiger charge is 2.32. The van der Waals surface area contributed by atoms with Crippen molar-refractivity contribution in [1.82, 2.24) is 21.3 Å². The lowest BCUT2D eigenvalue weighted by atomic mass is 9.97. The number of carboxylic acid groups (broad SMARTS) is 1. The van der Waals surface area contributed by atoms with E-state index in [1.165, 1.54) is 6.20 Å². The van der Waals surface area contributed by atoms with Crippen molar-refractivity contribution in [2.24, 2.45) is 23.3 Å². The molecule has 3 amide bonds. The summed E-state index contributed by atoms with van der Waals surface area (Å²) in [6, 6.07) is 13.0. The monoisotopic (exact) mass is 712 g/mol. The van der Waals surface area contributed by atoms with Crippen LogP contribution in [0.5, 0.6) is 0 Å². The molecule has 5 atom stereocenters. The number of amides is 3. The summed E-state index contributed by atoms with van der Waals surface area (Å²) < 4.78 is 0. The van der Waals surface area contributed by atoms with E-state index < -0.39 is 59.7 Å². The number of carbonyl (C=O) groups excluding carboxylic acids is 4. The average molecular weight is 713 g/mol. The van der Waals surface area contributed by atoms with Crippen molar-refractivity contribution in [2.45, 2.75) is 96.4 Å². The maximum atomic E-state index is 13.6. The minimum Gasteiger partial charge on any atom is -0.480 e. The fourth-order valence-electron chi connectivity index (χ4n) is 5.20. The van der Waals surface area contributed by atoms with Gasteiger partial charge in [0.05, 0.1) is 12.1 Å². The molecule has 0 saturated carbocycles. The number of ketones is 1. The second kappa shape index (κ2) is 21.7. The summed E-state index contributed by atoms with van der Waals surface area (Å²) in [5.74, 6) is -3.77. The summed E-state index contributed by atoms with van der Waals surface area (Å²) in [4.78, 5) is 65.5. The Morgan fingerprint density at radius 2 is 1.28 bits per heavy atom. The summed E-state index contributed by atoms with van der Waals surface area (Å²) in [7, 11) is 0.